The second-order valence-electron chi connectivity index (χ2n) is 6.22. The number of benzene rings is 2. The van der Waals surface area contributed by atoms with Gasteiger partial charge in [0.2, 0.25) is 5.91 Å². The summed E-state index contributed by atoms with van der Waals surface area (Å²) in [6.07, 6.45) is 0. The Balaban J connectivity index is 2.25. The van der Waals surface area contributed by atoms with Crippen molar-refractivity contribution in [1.29, 1.82) is 0 Å². The molecule has 0 heterocycles. The van der Waals surface area contributed by atoms with E-state index in [9.17, 15) is 19.7 Å². The number of carbonyl (C=O) groups excluding carboxylic acids is 2. The van der Waals surface area contributed by atoms with E-state index in [0.29, 0.717) is 17.1 Å². The van der Waals surface area contributed by atoms with Crippen LogP contribution in [0.25, 0.3) is 0 Å². The lowest BCUT2D eigenvalue weighted by Crippen LogP contribution is -2.18. The fraction of sp³-hybridized carbons (Fsp3) is 0.263. The van der Waals surface area contributed by atoms with E-state index in [0.717, 1.165) is 0 Å². The molecule has 0 spiro atoms. The number of methoxy groups -OCH3 is 1. The van der Waals surface area contributed by atoms with E-state index >= 15 is 0 Å². The van der Waals surface area contributed by atoms with Crippen molar-refractivity contribution in [3.05, 3.63) is 57.6 Å². The normalized spacial score (nSPS) is 10.4. The molecule has 2 aromatic rings. The Morgan fingerprint density at radius 1 is 1.15 bits per heavy atom. The molecular formula is C19H21N3O5. The Morgan fingerprint density at radius 2 is 1.85 bits per heavy atom. The largest absolute Gasteiger partial charge is 0.494 e. The van der Waals surface area contributed by atoms with E-state index in [1.165, 1.54) is 32.2 Å². The predicted molar refractivity (Wildman–Crippen MR) is 102 cm³/mol. The molecule has 0 saturated heterocycles. The number of amides is 2. The van der Waals surface area contributed by atoms with Gasteiger partial charge in [0.15, 0.2) is 0 Å². The van der Waals surface area contributed by atoms with Gasteiger partial charge in [0.25, 0.3) is 11.6 Å². The standard InChI is InChI=1S/C19H21N3O5/c1-11(2)18(23)21-15-9-8-13(10-17(15)27-4)20-19(24)14-6-5-7-16(12(14)3)22(25)26/h5-11H,1-4H3,(H,20,24)(H,21,23). The van der Waals surface area contributed by atoms with Gasteiger partial charge in [-0.2, -0.15) is 0 Å². The van der Waals surface area contributed by atoms with Crippen molar-refractivity contribution in [1.82, 2.24) is 0 Å². The molecule has 0 radical (unpaired) electrons. The highest BCUT2D eigenvalue weighted by molar-refractivity contribution is 6.06. The number of nitro benzene ring substituents is 1. The zero-order valence-corrected chi connectivity index (χ0v) is 15.5. The number of hydrogen-bond acceptors (Lipinski definition) is 5. The molecule has 0 atom stereocenters. The number of ether oxygens (including phenoxy) is 1. The lowest BCUT2D eigenvalue weighted by molar-refractivity contribution is -0.385. The molecule has 2 amide bonds. The molecule has 0 aromatic heterocycles. The van der Waals surface area contributed by atoms with Crippen molar-refractivity contribution < 1.29 is 19.2 Å². The van der Waals surface area contributed by atoms with Crippen molar-refractivity contribution in [2.75, 3.05) is 17.7 Å². The van der Waals surface area contributed by atoms with E-state index in [1.54, 1.807) is 32.0 Å². The summed E-state index contributed by atoms with van der Waals surface area (Å²) in [6.45, 7) is 5.08. The van der Waals surface area contributed by atoms with E-state index in [2.05, 4.69) is 10.6 Å². The van der Waals surface area contributed by atoms with Gasteiger partial charge < -0.3 is 15.4 Å². The fourth-order valence-corrected chi connectivity index (χ4v) is 2.41. The smallest absolute Gasteiger partial charge is 0.273 e. The molecule has 0 aliphatic carbocycles. The molecule has 142 valence electrons. The molecule has 2 rings (SSSR count). The molecule has 0 saturated carbocycles. The van der Waals surface area contributed by atoms with Gasteiger partial charge in [-0.3, -0.25) is 19.7 Å². The molecule has 0 aliphatic rings. The second kappa shape index (κ2) is 8.31. The van der Waals surface area contributed by atoms with Crippen LogP contribution in [-0.2, 0) is 4.79 Å². The minimum atomic E-state index is -0.526. The van der Waals surface area contributed by atoms with Crippen LogP contribution in [-0.4, -0.2) is 23.8 Å². The van der Waals surface area contributed by atoms with E-state index in [1.807, 2.05) is 0 Å². The Morgan fingerprint density at radius 3 is 2.44 bits per heavy atom. The first-order valence-corrected chi connectivity index (χ1v) is 8.28. The van der Waals surface area contributed by atoms with Gasteiger partial charge in [-0.15, -0.1) is 0 Å². The average molecular weight is 371 g/mol. The highest BCUT2D eigenvalue weighted by Crippen LogP contribution is 2.29. The number of nitrogens with zero attached hydrogens (tertiary/aromatic N) is 1. The summed E-state index contributed by atoms with van der Waals surface area (Å²) in [5.74, 6) is -0.432. The summed E-state index contributed by atoms with van der Waals surface area (Å²) >= 11 is 0. The summed E-state index contributed by atoms with van der Waals surface area (Å²) in [4.78, 5) is 34.9. The van der Waals surface area contributed by atoms with Gasteiger partial charge in [-0.1, -0.05) is 19.9 Å². The Labute approximate surface area is 156 Å². The number of rotatable bonds is 6. The first kappa shape index (κ1) is 19.9. The van der Waals surface area contributed by atoms with Crippen LogP contribution in [0, 0.1) is 23.0 Å². The van der Waals surface area contributed by atoms with Gasteiger partial charge in [0.1, 0.15) is 5.75 Å². The lowest BCUT2D eigenvalue weighted by Gasteiger charge is -2.14. The van der Waals surface area contributed by atoms with Gasteiger partial charge in [-0.25, -0.2) is 0 Å². The summed E-state index contributed by atoms with van der Waals surface area (Å²) < 4.78 is 5.27. The number of anilines is 2. The number of hydrogen-bond donors (Lipinski definition) is 2. The van der Waals surface area contributed by atoms with Crippen LogP contribution < -0.4 is 15.4 Å². The van der Waals surface area contributed by atoms with Crippen molar-refractivity contribution in [2.45, 2.75) is 20.8 Å². The third-order valence-electron chi connectivity index (χ3n) is 3.99. The minimum Gasteiger partial charge on any atom is -0.494 e. The summed E-state index contributed by atoms with van der Waals surface area (Å²) in [5, 5.41) is 16.5. The Kier molecular flexibility index (Phi) is 6.12. The molecule has 27 heavy (non-hydrogen) atoms. The van der Waals surface area contributed by atoms with Crippen molar-refractivity contribution in [3.8, 4) is 5.75 Å². The van der Waals surface area contributed by atoms with Crippen LogP contribution >= 0.6 is 0 Å². The van der Waals surface area contributed by atoms with Crippen LogP contribution in [0.5, 0.6) is 5.75 Å². The van der Waals surface area contributed by atoms with Crippen LogP contribution in [0.1, 0.15) is 29.8 Å². The zero-order valence-electron chi connectivity index (χ0n) is 15.5. The van der Waals surface area contributed by atoms with Gasteiger partial charge in [0.05, 0.1) is 17.7 Å². The van der Waals surface area contributed by atoms with Gasteiger partial charge >= 0.3 is 0 Å². The number of nitrogens with one attached hydrogen (secondary N) is 2. The monoisotopic (exact) mass is 371 g/mol. The highest BCUT2D eigenvalue weighted by Gasteiger charge is 2.18. The lowest BCUT2D eigenvalue weighted by atomic mass is 10.1. The molecule has 0 fully saturated rings. The maximum Gasteiger partial charge on any atom is 0.273 e. The molecule has 0 unspecified atom stereocenters. The van der Waals surface area contributed by atoms with Crippen LogP contribution in [0.15, 0.2) is 36.4 Å². The van der Waals surface area contributed by atoms with Gasteiger partial charge in [0, 0.05) is 34.9 Å². The van der Waals surface area contributed by atoms with Crippen LogP contribution in [0.3, 0.4) is 0 Å². The first-order valence-electron chi connectivity index (χ1n) is 8.28. The summed E-state index contributed by atoms with van der Waals surface area (Å²) in [7, 11) is 1.46. The van der Waals surface area contributed by atoms with Gasteiger partial charge in [-0.05, 0) is 25.1 Å². The number of carbonyl (C=O) groups is 2. The summed E-state index contributed by atoms with van der Waals surface area (Å²) in [6, 6.07) is 9.14. The summed E-state index contributed by atoms with van der Waals surface area (Å²) in [5.41, 5.74) is 1.30. The van der Waals surface area contributed by atoms with E-state index < -0.39 is 10.8 Å². The maximum absolute atomic E-state index is 12.5. The molecule has 8 nitrogen and oxygen atoms in total. The van der Waals surface area contributed by atoms with Crippen LogP contribution in [0.2, 0.25) is 0 Å². The first-order chi connectivity index (χ1) is 12.7. The molecular weight excluding hydrogens is 350 g/mol. The Hall–Kier alpha value is -3.42. The minimum absolute atomic E-state index is 0.119. The number of nitro groups is 1. The molecule has 2 N–H and O–H groups in total. The fourth-order valence-electron chi connectivity index (χ4n) is 2.41. The quantitative estimate of drug-likeness (QED) is 0.593. The van der Waals surface area contributed by atoms with Crippen LogP contribution in [0.4, 0.5) is 17.1 Å². The third kappa shape index (κ3) is 4.60. The van der Waals surface area contributed by atoms with Crippen molar-refractivity contribution in [3.63, 3.8) is 0 Å². The second-order valence-corrected chi connectivity index (χ2v) is 6.22. The highest BCUT2D eigenvalue weighted by atomic mass is 16.6. The maximum atomic E-state index is 12.5. The molecule has 8 heteroatoms. The van der Waals surface area contributed by atoms with Crippen molar-refractivity contribution in [2.24, 2.45) is 5.92 Å². The van der Waals surface area contributed by atoms with Crippen molar-refractivity contribution >= 4 is 28.9 Å². The van der Waals surface area contributed by atoms with E-state index in [-0.39, 0.29) is 28.6 Å². The Bertz CT molecular complexity index is 893. The third-order valence-corrected chi connectivity index (χ3v) is 3.99. The topological polar surface area (TPSA) is 111 Å². The SMILES string of the molecule is COc1cc(NC(=O)c2cccc([N+](=O)[O-])c2C)ccc1NC(=O)C(C)C. The molecule has 2 aromatic carbocycles. The van der Waals surface area contributed by atoms with E-state index in [4.69, 9.17) is 4.74 Å². The zero-order chi connectivity index (χ0) is 20.1. The molecule has 0 aliphatic heterocycles. The predicted octanol–water partition coefficient (Wildman–Crippen LogP) is 3.76. The molecule has 0 bridgehead atoms. The average Bonchev–Trinajstić information content (AvgIpc) is 2.62.